The molecule has 16 heavy (non-hydrogen) atoms. The zero-order valence-electron chi connectivity index (χ0n) is 10.5. The van der Waals surface area contributed by atoms with Crippen molar-refractivity contribution in [1.82, 2.24) is 20.1 Å². The third kappa shape index (κ3) is 2.61. The molecule has 1 heterocycles. The molecule has 0 radical (unpaired) electrons. The van der Waals surface area contributed by atoms with Crippen LogP contribution in [0.4, 0.5) is 0 Å². The van der Waals surface area contributed by atoms with Gasteiger partial charge < -0.3 is 9.88 Å². The van der Waals surface area contributed by atoms with Gasteiger partial charge >= 0.3 is 0 Å². The molecule has 0 saturated heterocycles. The molecule has 3 unspecified atom stereocenters. The highest BCUT2D eigenvalue weighted by Crippen LogP contribution is 2.28. The molecular formula is C12H22N4. The van der Waals surface area contributed by atoms with E-state index in [1.807, 2.05) is 11.6 Å². The highest BCUT2D eigenvalue weighted by Gasteiger charge is 2.24. The monoisotopic (exact) mass is 222 g/mol. The predicted molar refractivity (Wildman–Crippen MR) is 63.8 cm³/mol. The smallest absolute Gasteiger partial charge is 0.146 e. The Morgan fingerprint density at radius 3 is 2.88 bits per heavy atom. The summed E-state index contributed by atoms with van der Waals surface area (Å²) in [6.07, 6.45) is 5.74. The Kier molecular flexibility index (Phi) is 3.59. The average Bonchev–Trinajstić information content (AvgIpc) is 2.63. The number of nitrogens with one attached hydrogen (secondary N) is 1. The average molecular weight is 222 g/mol. The van der Waals surface area contributed by atoms with Gasteiger partial charge in [0.2, 0.25) is 0 Å². The van der Waals surface area contributed by atoms with Crippen LogP contribution in [-0.4, -0.2) is 20.8 Å². The van der Waals surface area contributed by atoms with E-state index in [4.69, 9.17) is 0 Å². The van der Waals surface area contributed by atoms with Gasteiger partial charge in [-0.3, -0.25) is 0 Å². The quantitative estimate of drug-likeness (QED) is 0.847. The van der Waals surface area contributed by atoms with E-state index in [0.29, 0.717) is 6.04 Å². The molecule has 0 bridgehead atoms. The number of hydrogen-bond donors (Lipinski definition) is 1. The Bertz CT molecular complexity index is 334. The Hall–Kier alpha value is -0.900. The Morgan fingerprint density at radius 2 is 2.25 bits per heavy atom. The summed E-state index contributed by atoms with van der Waals surface area (Å²) in [4.78, 5) is 0. The summed E-state index contributed by atoms with van der Waals surface area (Å²) < 4.78 is 1.98. The molecule has 0 aliphatic heterocycles. The number of aryl methyl sites for hydroxylation is 1. The van der Waals surface area contributed by atoms with Crippen LogP contribution >= 0.6 is 0 Å². The standard InChI is InChI=1S/C12H22N4/c1-9-4-5-11(10(2)6-9)13-7-12-15-14-8-16(12)3/h8-11,13H,4-7H2,1-3H3. The van der Waals surface area contributed by atoms with Crippen molar-refractivity contribution in [3.63, 3.8) is 0 Å². The molecule has 3 atom stereocenters. The van der Waals surface area contributed by atoms with Crippen molar-refractivity contribution in [3.05, 3.63) is 12.2 Å². The first-order chi connectivity index (χ1) is 7.66. The fourth-order valence-corrected chi connectivity index (χ4v) is 2.66. The third-order valence-electron chi connectivity index (χ3n) is 3.76. The highest BCUT2D eigenvalue weighted by molar-refractivity contribution is 4.87. The molecule has 1 fully saturated rings. The van der Waals surface area contributed by atoms with Gasteiger partial charge in [0.25, 0.3) is 0 Å². The molecule has 1 aliphatic rings. The number of aromatic nitrogens is 3. The molecule has 1 saturated carbocycles. The Balaban J connectivity index is 1.84. The maximum absolute atomic E-state index is 4.09. The van der Waals surface area contributed by atoms with E-state index in [2.05, 4.69) is 29.4 Å². The van der Waals surface area contributed by atoms with Crippen LogP contribution in [0.15, 0.2) is 6.33 Å². The van der Waals surface area contributed by atoms with Crippen LogP contribution in [0.2, 0.25) is 0 Å². The normalized spacial score (nSPS) is 30.6. The zero-order valence-corrected chi connectivity index (χ0v) is 10.5. The molecule has 1 aliphatic carbocycles. The molecule has 0 spiro atoms. The van der Waals surface area contributed by atoms with Crippen molar-refractivity contribution < 1.29 is 0 Å². The van der Waals surface area contributed by atoms with Gasteiger partial charge in [0, 0.05) is 13.1 Å². The topological polar surface area (TPSA) is 42.7 Å². The van der Waals surface area contributed by atoms with E-state index in [-0.39, 0.29) is 0 Å². The summed E-state index contributed by atoms with van der Waals surface area (Å²) >= 11 is 0. The van der Waals surface area contributed by atoms with E-state index in [0.717, 1.165) is 24.2 Å². The number of rotatable bonds is 3. The molecule has 4 heteroatoms. The summed E-state index contributed by atoms with van der Waals surface area (Å²) in [6.45, 7) is 5.54. The molecule has 0 amide bonds. The van der Waals surface area contributed by atoms with Crippen LogP contribution < -0.4 is 5.32 Å². The summed E-state index contributed by atoms with van der Waals surface area (Å²) in [6, 6.07) is 0.646. The van der Waals surface area contributed by atoms with Crippen molar-refractivity contribution in [1.29, 1.82) is 0 Å². The minimum absolute atomic E-state index is 0.646. The summed E-state index contributed by atoms with van der Waals surface area (Å²) in [5.74, 6) is 2.69. The lowest BCUT2D eigenvalue weighted by Gasteiger charge is -2.33. The lowest BCUT2D eigenvalue weighted by molar-refractivity contribution is 0.225. The van der Waals surface area contributed by atoms with Gasteiger partial charge in [-0.05, 0) is 31.1 Å². The van der Waals surface area contributed by atoms with Gasteiger partial charge in [0.1, 0.15) is 12.2 Å². The lowest BCUT2D eigenvalue weighted by Crippen LogP contribution is -2.39. The second-order valence-electron chi connectivity index (χ2n) is 5.24. The van der Waals surface area contributed by atoms with Crippen molar-refractivity contribution in [2.24, 2.45) is 18.9 Å². The summed E-state index contributed by atoms with van der Waals surface area (Å²) in [5, 5.41) is 11.6. The van der Waals surface area contributed by atoms with E-state index in [1.54, 1.807) is 6.33 Å². The SMILES string of the molecule is CC1CCC(NCc2nncn2C)C(C)C1. The molecule has 1 aromatic heterocycles. The molecule has 4 nitrogen and oxygen atoms in total. The maximum atomic E-state index is 4.09. The predicted octanol–water partition coefficient (Wildman–Crippen LogP) is 1.73. The zero-order chi connectivity index (χ0) is 11.5. The van der Waals surface area contributed by atoms with Gasteiger partial charge in [-0.25, -0.2) is 0 Å². The molecule has 2 rings (SSSR count). The first-order valence-electron chi connectivity index (χ1n) is 6.23. The van der Waals surface area contributed by atoms with Crippen LogP contribution in [0.3, 0.4) is 0 Å². The molecule has 90 valence electrons. The van der Waals surface area contributed by atoms with Crippen LogP contribution in [0.25, 0.3) is 0 Å². The third-order valence-corrected chi connectivity index (χ3v) is 3.76. The van der Waals surface area contributed by atoms with Crippen LogP contribution in [-0.2, 0) is 13.6 Å². The van der Waals surface area contributed by atoms with Crippen molar-refractivity contribution in [2.75, 3.05) is 0 Å². The van der Waals surface area contributed by atoms with Gasteiger partial charge in [0.15, 0.2) is 0 Å². The highest BCUT2D eigenvalue weighted by atomic mass is 15.3. The van der Waals surface area contributed by atoms with Gasteiger partial charge in [-0.1, -0.05) is 13.8 Å². The maximum Gasteiger partial charge on any atom is 0.146 e. The largest absolute Gasteiger partial charge is 0.320 e. The minimum atomic E-state index is 0.646. The Morgan fingerprint density at radius 1 is 1.44 bits per heavy atom. The minimum Gasteiger partial charge on any atom is -0.320 e. The summed E-state index contributed by atoms with van der Waals surface area (Å²) in [5.41, 5.74) is 0. The van der Waals surface area contributed by atoms with E-state index >= 15 is 0 Å². The second kappa shape index (κ2) is 4.95. The van der Waals surface area contributed by atoms with Crippen molar-refractivity contribution in [2.45, 2.75) is 45.7 Å². The summed E-state index contributed by atoms with van der Waals surface area (Å²) in [7, 11) is 1.99. The fourth-order valence-electron chi connectivity index (χ4n) is 2.66. The van der Waals surface area contributed by atoms with Crippen LogP contribution in [0.1, 0.15) is 38.9 Å². The molecule has 1 aromatic rings. The fraction of sp³-hybridized carbons (Fsp3) is 0.833. The molecular weight excluding hydrogens is 200 g/mol. The van der Waals surface area contributed by atoms with Gasteiger partial charge in [0.05, 0.1) is 6.54 Å². The Labute approximate surface area is 97.5 Å². The van der Waals surface area contributed by atoms with E-state index in [1.165, 1.54) is 19.3 Å². The van der Waals surface area contributed by atoms with Gasteiger partial charge in [-0.2, -0.15) is 0 Å². The van der Waals surface area contributed by atoms with Crippen molar-refractivity contribution >= 4 is 0 Å². The number of nitrogens with zero attached hydrogens (tertiary/aromatic N) is 3. The number of hydrogen-bond acceptors (Lipinski definition) is 3. The van der Waals surface area contributed by atoms with Gasteiger partial charge in [-0.15, -0.1) is 10.2 Å². The second-order valence-corrected chi connectivity index (χ2v) is 5.24. The first-order valence-corrected chi connectivity index (χ1v) is 6.23. The lowest BCUT2D eigenvalue weighted by atomic mass is 9.80. The van der Waals surface area contributed by atoms with Crippen LogP contribution in [0, 0.1) is 11.8 Å². The molecule has 1 N–H and O–H groups in total. The van der Waals surface area contributed by atoms with Crippen LogP contribution in [0.5, 0.6) is 0 Å². The van der Waals surface area contributed by atoms with E-state index in [9.17, 15) is 0 Å². The first kappa shape index (κ1) is 11.6. The van der Waals surface area contributed by atoms with Crippen molar-refractivity contribution in [3.8, 4) is 0 Å². The molecule has 0 aromatic carbocycles. The van der Waals surface area contributed by atoms with E-state index < -0.39 is 0 Å².